The first-order valence-electron chi connectivity index (χ1n) is 5.71. The second-order valence-corrected chi connectivity index (χ2v) is 7.16. The van der Waals surface area contributed by atoms with Crippen LogP contribution in [-0.4, -0.2) is 22.7 Å². The molecular weight excluding hydrogens is 346 g/mol. The van der Waals surface area contributed by atoms with Gasteiger partial charge in [-0.25, -0.2) is 0 Å². The largest absolute Gasteiger partial charge is 0.457 e. The van der Waals surface area contributed by atoms with Crippen LogP contribution in [0.2, 0.25) is 10.0 Å². The molecule has 0 amide bonds. The summed E-state index contributed by atoms with van der Waals surface area (Å²) in [6.07, 6.45) is 0.303. The van der Waals surface area contributed by atoms with E-state index in [0.717, 1.165) is 0 Å². The Bertz CT molecular complexity index is 585. The van der Waals surface area contributed by atoms with Gasteiger partial charge in [-0.05, 0) is 25.1 Å². The van der Waals surface area contributed by atoms with Crippen LogP contribution >= 0.6 is 46.4 Å². The summed E-state index contributed by atoms with van der Waals surface area (Å²) in [5.41, 5.74) is -0.715. The van der Waals surface area contributed by atoms with E-state index in [9.17, 15) is 9.59 Å². The van der Waals surface area contributed by atoms with Crippen LogP contribution in [0.1, 0.15) is 23.7 Å². The predicted molar refractivity (Wildman–Crippen MR) is 78.9 cm³/mol. The fraction of sp³-hybridized carbons (Fsp3) is 0.385. The van der Waals surface area contributed by atoms with E-state index in [2.05, 4.69) is 0 Å². The lowest BCUT2D eigenvalue weighted by Gasteiger charge is -2.11. The number of benzene rings is 1. The maximum absolute atomic E-state index is 11.9. The maximum Gasteiger partial charge on any atom is 0.315 e. The lowest BCUT2D eigenvalue weighted by molar-refractivity contribution is -0.148. The Morgan fingerprint density at radius 2 is 1.90 bits per heavy atom. The highest BCUT2D eigenvalue weighted by Gasteiger charge is 2.69. The van der Waals surface area contributed by atoms with E-state index in [-0.39, 0.29) is 10.6 Å². The van der Waals surface area contributed by atoms with Gasteiger partial charge in [-0.15, -0.1) is 23.2 Å². The SMILES string of the molecule is CC1(C(=O)OCC(=O)c2ccc(Cl)cc2Cl)CC1(Cl)Cl. The van der Waals surface area contributed by atoms with Gasteiger partial charge in [0.15, 0.2) is 6.61 Å². The van der Waals surface area contributed by atoms with Gasteiger partial charge in [0.25, 0.3) is 0 Å². The number of halogens is 4. The molecule has 108 valence electrons. The van der Waals surface area contributed by atoms with Gasteiger partial charge in [0.2, 0.25) is 5.78 Å². The van der Waals surface area contributed by atoms with E-state index >= 15 is 0 Å². The second-order valence-electron chi connectivity index (χ2n) is 4.84. The zero-order valence-corrected chi connectivity index (χ0v) is 13.4. The molecule has 0 saturated heterocycles. The molecule has 0 bridgehead atoms. The highest BCUT2D eigenvalue weighted by atomic mass is 35.5. The monoisotopic (exact) mass is 354 g/mol. The minimum Gasteiger partial charge on any atom is -0.457 e. The van der Waals surface area contributed by atoms with Crippen LogP contribution in [0.15, 0.2) is 18.2 Å². The van der Waals surface area contributed by atoms with Gasteiger partial charge < -0.3 is 4.74 Å². The number of hydrogen-bond donors (Lipinski definition) is 0. The number of esters is 1. The van der Waals surface area contributed by atoms with Crippen molar-refractivity contribution in [3.8, 4) is 0 Å². The van der Waals surface area contributed by atoms with E-state index in [1.54, 1.807) is 6.92 Å². The first-order valence-corrected chi connectivity index (χ1v) is 7.22. The molecule has 0 aliphatic heterocycles. The standard InChI is InChI=1S/C13H10Cl4O3/c1-12(6-13(12,16)17)11(19)20-5-10(18)8-3-2-7(14)4-9(8)15/h2-4H,5-6H2,1H3. The summed E-state index contributed by atoms with van der Waals surface area (Å²) < 4.78 is 3.84. The third-order valence-corrected chi connectivity index (χ3v) is 4.92. The summed E-state index contributed by atoms with van der Waals surface area (Å²) in [4.78, 5) is 23.7. The summed E-state index contributed by atoms with van der Waals surface area (Å²) in [5, 5.41) is 0.628. The van der Waals surface area contributed by atoms with Crippen LogP contribution in [0, 0.1) is 5.41 Å². The Balaban J connectivity index is 1.98. The molecule has 1 aliphatic carbocycles. The van der Waals surface area contributed by atoms with E-state index < -0.39 is 28.1 Å². The third kappa shape index (κ3) is 2.91. The topological polar surface area (TPSA) is 43.4 Å². The number of carbonyl (C=O) groups excluding carboxylic acids is 2. The number of hydrogen-bond acceptors (Lipinski definition) is 3. The Hall–Kier alpha value is -0.480. The van der Waals surface area contributed by atoms with Crippen LogP contribution in [-0.2, 0) is 9.53 Å². The quantitative estimate of drug-likeness (QED) is 0.459. The minimum absolute atomic E-state index is 0.209. The molecule has 3 nitrogen and oxygen atoms in total. The molecule has 1 aromatic carbocycles. The number of Topliss-reactive ketones (excluding diaryl/α,β-unsaturated/α-hetero) is 1. The van der Waals surface area contributed by atoms with Crippen molar-refractivity contribution in [3.05, 3.63) is 33.8 Å². The second kappa shape index (κ2) is 5.38. The molecular formula is C13H10Cl4O3. The average molecular weight is 356 g/mol. The molecule has 0 radical (unpaired) electrons. The molecule has 0 spiro atoms. The van der Waals surface area contributed by atoms with Gasteiger partial charge >= 0.3 is 5.97 Å². The molecule has 0 N–H and O–H groups in total. The third-order valence-electron chi connectivity index (χ3n) is 3.27. The molecule has 1 atom stereocenters. The Kier molecular flexibility index (Phi) is 4.27. The lowest BCUT2D eigenvalue weighted by atomic mass is 10.1. The van der Waals surface area contributed by atoms with E-state index in [0.29, 0.717) is 11.4 Å². The van der Waals surface area contributed by atoms with Crippen molar-refractivity contribution < 1.29 is 14.3 Å². The Labute approximate surface area is 136 Å². The van der Waals surface area contributed by atoms with Crippen LogP contribution < -0.4 is 0 Å². The molecule has 1 unspecified atom stereocenters. The maximum atomic E-state index is 11.9. The van der Waals surface area contributed by atoms with Crippen molar-refractivity contribution in [1.29, 1.82) is 0 Å². The van der Waals surface area contributed by atoms with E-state index in [1.165, 1.54) is 18.2 Å². The number of ketones is 1. The average Bonchev–Trinajstić information content (AvgIpc) is 2.86. The van der Waals surface area contributed by atoms with E-state index in [1.807, 2.05) is 0 Å². The van der Waals surface area contributed by atoms with Crippen LogP contribution in [0.3, 0.4) is 0 Å². The van der Waals surface area contributed by atoms with Gasteiger partial charge in [-0.1, -0.05) is 23.2 Å². The molecule has 0 heterocycles. The van der Waals surface area contributed by atoms with Crippen LogP contribution in [0.25, 0.3) is 0 Å². The molecule has 1 saturated carbocycles. The van der Waals surface area contributed by atoms with Crippen molar-refractivity contribution in [3.63, 3.8) is 0 Å². The van der Waals surface area contributed by atoms with E-state index in [4.69, 9.17) is 51.1 Å². The molecule has 1 fully saturated rings. The number of ether oxygens (including phenoxy) is 1. The van der Waals surface area contributed by atoms with Crippen molar-refractivity contribution in [2.45, 2.75) is 17.7 Å². The first-order chi connectivity index (χ1) is 9.17. The van der Waals surface area contributed by atoms with Crippen molar-refractivity contribution in [1.82, 2.24) is 0 Å². The number of rotatable bonds is 4. The number of alkyl halides is 2. The highest BCUT2D eigenvalue weighted by molar-refractivity contribution is 6.53. The highest BCUT2D eigenvalue weighted by Crippen LogP contribution is 2.64. The molecule has 20 heavy (non-hydrogen) atoms. The zero-order valence-electron chi connectivity index (χ0n) is 10.4. The van der Waals surface area contributed by atoms with Gasteiger partial charge in [-0.2, -0.15) is 0 Å². The van der Waals surface area contributed by atoms with Gasteiger partial charge in [0, 0.05) is 17.0 Å². The predicted octanol–water partition coefficient (Wildman–Crippen LogP) is 4.30. The van der Waals surface area contributed by atoms with Gasteiger partial charge in [0.1, 0.15) is 9.75 Å². The Morgan fingerprint density at radius 3 is 2.40 bits per heavy atom. The summed E-state index contributed by atoms with van der Waals surface area (Å²) in [5.74, 6) is -1.01. The summed E-state index contributed by atoms with van der Waals surface area (Å²) in [7, 11) is 0. The fourth-order valence-electron chi connectivity index (χ4n) is 1.71. The summed E-state index contributed by atoms with van der Waals surface area (Å²) in [6, 6.07) is 4.46. The molecule has 0 aromatic heterocycles. The minimum atomic E-state index is -1.12. The van der Waals surface area contributed by atoms with Crippen LogP contribution in [0.5, 0.6) is 0 Å². The molecule has 1 aliphatic rings. The zero-order chi connectivity index (χ0) is 15.1. The Morgan fingerprint density at radius 1 is 1.30 bits per heavy atom. The smallest absolute Gasteiger partial charge is 0.315 e. The molecule has 1 aromatic rings. The number of carbonyl (C=O) groups is 2. The molecule has 2 rings (SSSR count). The lowest BCUT2D eigenvalue weighted by Crippen LogP contribution is -2.24. The van der Waals surface area contributed by atoms with Gasteiger partial charge in [0.05, 0.1) is 5.02 Å². The first kappa shape index (κ1) is 15.9. The van der Waals surface area contributed by atoms with Gasteiger partial charge in [-0.3, -0.25) is 9.59 Å². The summed E-state index contributed by atoms with van der Waals surface area (Å²) in [6.45, 7) is 1.18. The molecule has 7 heteroatoms. The van der Waals surface area contributed by atoms with Crippen molar-refractivity contribution in [2.24, 2.45) is 5.41 Å². The van der Waals surface area contributed by atoms with Crippen molar-refractivity contribution in [2.75, 3.05) is 6.61 Å². The van der Waals surface area contributed by atoms with Crippen LogP contribution in [0.4, 0.5) is 0 Å². The van der Waals surface area contributed by atoms with Crippen molar-refractivity contribution >= 4 is 58.2 Å². The fourth-order valence-corrected chi connectivity index (χ4v) is 2.91. The normalized spacial score (nSPS) is 23.2. The summed E-state index contributed by atoms with van der Waals surface area (Å²) >= 11 is 23.4.